The Bertz CT molecular complexity index is 198. The molecule has 0 bridgehead atoms. The van der Waals surface area contributed by atoms with Crippen molar-refractivity contribution in [1.29, 1.82) is 0 Å². The second-order valence-corrected chi connectivity index (χ2v) is 5.74. The summed E-state index contributed by atoms with van der Waals surface area (Å²) in [6, 6.07) is 2.01. The highest BCUT2D eigenvalue weighted by atomic mass is 15.3. The van der Waals surface area contributed by atoms with Crippen LogP contribution in [0.2, 0.25) is 0 Å². The van der Waals surface area contributed by atoms with E-state index < -0.39 is 0 Å². The Hall–Kier alpha value is -0.120. The first-order valence-corrected chi connectivity index (χ1v) is 7.26. The summed E-state index contributed by atoms with van der Waals surface area (Å²) in [6.07, 6.45) is 1.27. The topological polar surface area (TPSA) is 18.5 Å². The van der Waals surface area contributed by atoms with Gasteiger partial charge in [-0.15, -0.1) is 0 Å². The van der Waals surface area contributed by atoms with Crippen molar-refractivity contribution < 1.29 is 0 Å². The maximum Gasteiger partial charge on any atom is 0.0193 e. The minimum atomic E-state index is 0.596. The minimum Gasteiger partial charge on any atom is -0.313 e. The van der Waals surface area contributed by atoms with Gasteiger partial charge in [-0.05, 0) is 20.3 Å². The summed E-state index contributed by atoms with van der Waals surface area (Å²) in [6.45, 7) is 17.4. The molecule has 102 valence electrons. The molecular formula is C14H31N3. The molecule has 0 aliphatic carbocycles. The van der Waals surface area contributed by atoms with Crippen LogP contribution in [0.15, 0.2) is 0 Å². The Morgan fingerprint density at radius 2 is 1.35 bits per heavy atom. The van der Waals surface area contributed by atoms with Gasteiger partial charge >= 0.3 is 0 Å². The highest BCUT2D eigenvalue weighted by molar-refractivity contribution is 4.79. The minimum absolute atomic E-state index is 0.596. The fraction of sp³-hybridized carbons (Fsp3) is 1.00. The lowest BCUT2D eigenvalue weighted by Gasteiger charge is -2.40. The summed E-state index contributed by atoms with van der Waals surface area (Å²) in [5, 5.41) is 3.53. The molecule has 0 saturated carbocycles. The molecule has 1 rings (SSSR count). The van der Waals surface area contributed by atoms with E-state index in [4.69, 9.17) is 0 Å². The van der Waals surface area contributed by atoms with Gasteiger partial charge in [-0.2, -0.15) is 0 Å². The van der Waals surface area contributed by atoms with E-state index in [1.165, 1.54) is 32.6 Å². The zero-order valence-electron chi connectivity index (χ0n) is 12.4. The highest BCUT2D eigenvalue weighted by Gasteiger charge is 2.22. The molecule has 2 atom stereocenters. The first kappa shape index (κ1) is 14.9. The molecule has 0 radical (unpaired) electrons. The second-order valence-electron chi connectivity index (χ2n) is 5.74. The predicted molar refractivity (Wildman–Crippen MR) is 75.5 cm³/mol. The van der Waals surface area contributed by atoms with Gasteiger partial charge in [0.2, 0.25) is 0 Å². The Morgan fingerprint density at radius 1 is 0.882 bits per heavy atom. The third-order valence-electron chi connectivity index (χ3n) is 4.01. The molecule has 2 unspecified atom stereocenters. The summed E-state index contributed by atoms with van der Waals surface area (Å²) >= 11 is 0. The lowest BCUT2D eigenvalue weighted by atomic mass is 10.1. The second kappa shape index (κ2) is 7.34. The summed E-state index contributed by atoms with van der Waals surface area (Å²) in [4.78, 5) is 5.24. The van der Waals surface area contributed by atoms with Crippen LogP contribution in [0.4, 0.5) is 0 Å². The van der Waals surface area contributed by atoms with Crippen LogP contribution in [0, 0.1) is 0 Å². The molecule has 1 heterocycles. The smallest absolute Gasteiger partial charge is 0.0193 e. The Labute approximate surface area is 108 Å². The molecule has 0 amide bonds. The fourth-order valence-corrected chi connectivity index (χ4v) is 2.41. The van der Waals surface area contributed by atoms with Crippen LogP contribution >= 0.6 is 0 Å². The van der Waals surface area contributed by atoms with Crippen LogP contribution in [0.25, 0.3) is 0 Å². The van der Waals surface area contributed by atoms with Gasteiger partial charge in [0.1, 0.15) is 0 Å². The molecule has 0 spiro atoms. The zero-order valence-corrected chi connectivity index (χ0v) is 12.4. The lowest BCUT2D eigenvalue weighted by Crippen LogP contribution is -2.54. The van der Waals surface area contributed by atoms with E-state index in [1.807, 2.05) is 0 Å². The standard InChI is InChI=1S/C14H31N3/c1-6-13(4)16-7-9-17(10-8-16)14(5)11-15-12(2)3/h12-15H,6-11H2,1-5H3. The van der Waals surface area contributed by atoms with Gasteiger partial charge < -0.3 is 5.32 Å². The molecule has 1 fully saturated rings. The van der Waals surface area contributed by atoms with Crippen LogP contribution in [0.5, 0.6) is 0 Å². The number of rotatable bonds is 6. The van der Waals surface area contributed by atoms with Crippen LogP contribution < -0.4 is 5.32 Å². The van der Waals surface area contributed by atoms with Crippen molar-refractivity contribution in [1.82, 2.24) is 15.1 Å². The van der Waals surface area contributed by atoms with E-state index in [1.54, 1.807) is 0 Å². The van der Waals surface area contributed by atoms with E-state index in [0.717, 1.165) is 12.6 Å². The number of hydrogen-bond acceptors (Lipinski definition) is 3. The highest BCUT2D eigenvalue weighted by Crippen LogP contribution is 2.10. The molecule has 1 N–H and O–H groups in total. The van der Waals surface area contributed by atoms with E-state index in [-0.39, 0.29) is 0 Å². The van der Waals surface area contributed by atoms with Crippen molar-refractivity contribution in [3.63, 3.8) is 0 Å². The van der Waals surface area contributed by atoms with E-state index in [9.17, 15) is 0 Å². The first-order valence-electron chi connectivity index (χ1n) is 7.26. The zero-order chi connectivity index (χ0) is 12.8. The van der Waals surface area contributed by atoms with Gasteiger partial charge in [0, 0.05) is 50.8 Å². The molecule has 0 aromatic heterocycles. The van der Waals surface area contributed by atoms with Gasteiger partial charge in [0.25, 0.3) is 0 Å². The molecule has 1 aliphatic rings. The molecule has 1 aliphatic heterocycles. The Morgan fingerprint density at radius 3 is 1.76 bits per heavy atom. The molecule has 3 nitrogen and oxygen atoms in total. The number of hydrogen-bond donors (Lipinski definition) is 1. The van der Waals surface area contributed by atoms with Gasteiger partial charge in [0.05, 0.1) is 0 Å². The monoisotopic (exact) mass is 241 g/mol. The molecule has 0 aromatic rings. The largest absolute Gasteiger partial charge is 0.313 e. The molecule has 3 heteroatoms. The van der Waals surface area contributed by atoms with E-state index in [0.29, 0.717) is 12.1 Å². The van der Waals surface area contributed by atoms with Gasteiger partial charge in [-0.3, -0.25) is 9.80 Å². The fourth-order valence-electron chi connectivity index (χ4n) is 2.41. The summed E-state index contributed by atoms with van der Waals surface area (Å²) in [5.74, 6) is 0. The van der Waals surface area contributed by atoms with Gasteiger partial charge in [-0.25, -0.2) is 0 Å². The van der Waals surface area contributed by atoms with Crippen molar-refractivity contribution in [3.8, 4) is 0 Å². The molecular weight excluding hydrogens is 210 g/mol. The van der Waals surface area contributed by atoms with Crippen molar-refractivity contribution in [2.75, 3.05) is 32.7 Å². The quantitative estimate of drug-likeness (QED) is 0.765. The number of nitrogens with one attached hydrogen (secondary N) is 1. The van der Waals surface area contributed by atoms with Crippen LogP contribution in [-0.2, 0) is 0 Å². The Balaban J connectivity index is 2.26. The summed E-state index contributed by atoms with van der Waals surface area (Å²) < 4.78 is 0. The number of nitrogens with zero attached hydrogens (tertiary/aromatic N) is 2. The predicted octanol–water partition coefficient (Wildman–Crippen LogP) is 1.79. The van der Waals surface area contributed by atoms with Crippen molar-refractivity contribution in [3.05, 3.63) is 0 Å². The van der Waals surface area contributed by atoms with E-state index in [2.05, 4.69) is 49.7 Å². The van der Waals surface area contributed by atoms with Crippen LogP contribution in [0.1, 0.15) is 41.0 Å². The van der Waals surface area contributed by atoms with Crippen molar-refractivity contribution >= 4 is 0 Å². The summed E-state index contributed by atoms with van der Waals surface area (Å²) in [5.41, 5.74) is 0. The maximum absolute atomic E-state index is 3.53. The average molecular weight is 241 g/mol. The average Bonchev–Trinajstić information content (AvgIpc) is 2.35. The number of piperazine rings is 1. The molecule has 17 heavy (non-hydrogen) atoms. The Kier molecular flexibility index (Phi) is 6.45. The van der Waals surface area contributed by atoms with Crippen LogP contribution in [-0.4, -0.2) is 60.6 Å². The first-order chi connectivity index (χ1) is 8.04. The van der Waals surface area contributed by atoms with Crippen molar-refractivity contribution in [2.24, 2.45) is 0 Å². The third-order valence-corrected chi connectivity index (χ3v) is 4.01. The normalized spacial score (nSPS) is 22.9. The van der Waals surface area contributed by atoms with E-state index >= 15 is 0 Å². The SMILES string of the molecule is CCC(C)N1CCN(C(C)CNC(C)C)CC1. The van der Waals surface area contributed by atoms with Crippen molar-refractivity contribution in [2.45, 2.75) is 59.2 Å². The summed E-state index contributed by atoms with van der Waals surface area (Å²) in [7, 11) is 0. The molecule has 1 saturated heterocycles. The lowest BCUT2D eigenvalue weighted by molar-refractivity contribution is 0.0766. The third kappa shape index (κ3) is 4.94. The van der Waals surface area contributed by atoms with Gasteiger partial charge in [-0.1, -0.05) is 20.8 Å². The van der Waals surface area contributed by atoms with Gasteiger partial charge in [0.15, 0.2) is 0 Å². The van der Waals surface area contributed by atoms with Crippen LogP contribution in [0.3, 0.4) is 0 Å². The molecule has 0 aromatic carbocycles. The maximum atomic E-state index is 3.53.